The van der Waals surface area contributed by atoms with E-state index in [1.165, 1.54) is 49.1 Å². The number of pyridine rings is 1. The van der Waals surface area contributed by atoms with Crippen LogP contribution >= 0.6 is 0 Å². The Bertz CT molecular complexity index is 1250. The fourth-order valence-electron chi connectivity index (χ4n) is 6.50. The van der Waals surface area contributed by atoms with Crippen LogP contribution in [0.15, 0.2) is 30.5 Å². The lowest BCUT2D eigenvalue weighted by Gasteiger charge is -2.36. The van der Waals surface area contributed by atoms with E-state index in [2.05, 4.69) is 44.1 Å². The average Bonchev–Trinajstić information content (AvgIpc) is 3.28. The van der Waals surface area contributed by atoms with Crippen LogP contribution in [0.2, 0.25) is 0 Å². The molecule has 2 fully saturated rings. The maximum absolute atomic E-state index is 12.3. The van der Waals surface area contributed by atoms with Crippen LogP contribution in [0.25, 0.3) is 22.0 Å². The predicted molar refractivity (Wildman–Crippen MR) is 143 cm³/mol. The highest BCUT2D eigenvalue weighted by atomic mass is 16.2. The molecular formula is C29H38N6O. The summed E-state index contributed by atoms with van der Waals surface area (Å²) in [6.45, 7) is 11.0. The highest BCUT2D eigenvalue weighted by Gasteiger charge is 2.32. The monoisotopic (exact) mass is 486 g/mol. The van der Waals surface area contributed by atoms with E-state index in [1.54, 1.807) is 6.92 Å². The summed E-state index contributed by atoms with van der Waals surface area (Å²) >= 11 is 0. The van der Waals surface area contributed by atoms with Gasteiger partial charge in [-0.3, -0.25) is 14.5 Å². The minimum atomic E-state index is 0.140. The Kier molecular flexibility index (Phi) is 6.52. The Morgan fingerprint density at radius 3 is 2.69 bits per heavy atom. The number of benzene rings is 1. The number of nitrogens with zero attached hydrogens (tertiary/aromatic N) is 5. The number of aromatic nitrogens is 3. The van der Waals surface area contributed by atoms with Crippen molar-refractivity contribution in [3.05, 3.63) is 47.4 Å². The van der Waals surface area contributed by atoms with Gasteiger partial charge >= 0.3 is 0 Å². The molecule has 190 valence electrons. The lowest BCUT2D eigenvalue weighted by atomic mass is 9.95. The molecule has 3 aromatic rings. The van der Waals surface area contributed by atoms with Crippen LogP contribution in [0.3, 0.4) is 0 Å². The van der Waals surface area contributed by atoms with Crippen molar-refractivity contribution >= 4 is 16.7 Å². The zero-order valence-corrected chi connectivity index (χ0v) is 21.7. The summed E-state index contributed by atoms with van der Waals surface area (Å²) in [5.74, 6) is 0.980. The van der Waals surface area contributed by atoms with E-state index < -0.39 is 0 Å². The smallest absolute Gasteiger partial charge is 0.219 e. The first-order chi connectivity index (χ1) is 17.6. The number of hydrogen-bond acceptors (Lipinski definition) is 5. The number of nitrogens with one attached hydrogen (secondary N) is 1. The number of piperidine rings is 2. The summed E-state index contributed by atoms with van der Waals surface area (Å²) in [6.07, 6.45) is 7.76. The molecule has 0 bridgehead atoms. The van der Waals surface area contributed by atoms with E-state index in [1.807, 2.05) is 18.0 Å². The minimum Gasteiger partial charge on any atom is -0.338 e. The Morgan fingerprint density at radius 1 is 1.11 bits per heavy atom. The topological polar surface area (TPSA) is 66.3 Å². The van der Waals surface area contributed by atoms with Gasteiger partial charge in [-0.15, -0.1) is 0 Å². The Labute approximate surface area is 213 Å². The second-order valence-corrected chi connectivity index (χ2v) is 11.0. The van der Waals surface area contributed by atoms with Gasteiger partial charge in [0.1, 0.15) is 0 Å². The van der Waals surface area contributed by atoms with Crippen molar-refractivity contribution in [2.75, 3.05) is 39.3 Å². The number of hydrogen-bond donors (Lipinski definition) is 1. The van der Waals surface area contributed by atoms with Crippen molar-refractivity contribution in [3.63, 3.8) is 0 Å². The number of carbonyl (C=O) groups is 1. The largest absolute Gasteiger partial charge is 0.338 e. The average molecular weight is 487 g/mol. The highest BCUT2D eigenvalue weighted by Crippen LogP contribution is 2.37. The van der Waals surface area contributed by atoms with Crippen LogP contribution in [0, 0.1) is 12.8 Å². The zero-order valence-electron chi connectivity index (χ0n) is 21.7. The van der Waals surface area contributed by atoms with E-state index in [4.69, 9.17) is 5.10 Å². The first-order valence-electron chi connectivity index (χ1n) is 13.7. The van der Waals surface area contributed by atoms with Gasteiger partial charge in [-0.25, -0.2) is 0 Å². The molecule has 5 heterocycles. The molecule has 36 heavy (non-hydrogen) atoms. The Morgan fingerprint density at radius 2 is 1.92 bits per heavy atom. The van der Waals surface area contributed by atoms with E-state index in [0.29, 0.717) is 12.6 Å². The number of carbonyl (C=O) groups excluding carboxylic acids is 1. The van der Waals surface area contributed by atoms with E-state index >= 15 is 0 Å². The van der Waals surface area contributed by atoms with Crippen LogP contribution in [-0.2, 0) is 17.8 Å². The van der Waals surface area contributed by atoms with Gasteiger partial charge in [0.25, 0.3) is 0 Å². The van der Waals surface area contributed by atoms with Crippen LogP contribution < -0.4 is 5.32 Å². The quantitative estimate of drug-likeness (QED) is 0.605. The van der Waals surface area contributed by atoms with Crippen molar-refractivity contribution in [2.45, 2.75) is 58.5 Å². The summed E-state index contributed by atoms with van der Waals surface area (Å²) in [6, 6.07) is 9.00. The first kappa shape index (κ1) is 23.6. The third-order valence-electron chi connectivity index (χ3n) is 8.57. The van der Waals surface area contributed by atoms with Crippen molar-refractivity contribution < 1.29 is 4.79 Å². The second kappa shape index (κ2) is 9.94. The standard InChI is InChI=1S/C29H38N6O/c1-20-16-23-4-3-5-25(26(23)17-31-20)29-27-19-34(21(2)36)15-10-28(27)35(32-29)24-8-13-33(14-9-24)18-22-6-11-30-12-7-22/h3-5,16-17,22,24,30H,6-15,18-19H2,1-2H3. The third kappa shape index (κ3) is 4.55. The SMILES string of the molecule is CC(=O)N1CCc2c(c(-c3cccc4cc(C)ncc34)nn2C2CCN(CC3CCNCC3)CC2)C1. The maximum atomic E-state index is 12.3. The molecule has 7 nitrogen and oxygen atoms in total. The molecule has 3 aliphatic rings. The van der Waals surface area contributed by atoms with Gasteiger partial charge in [0, 0.05) is 80.2 Å². The fraction of sp³-hybridized carbons (Fsp3) is 0.552. The summed E-state index contributed by atoms with van der Waals surface area (Å²) < 4.78 is 2.35. The molecule has 2 saturated heterocycles. The molecule has 2 aromatic heterocycles. The summed E-state index contributed by atoms with van der Waals surface area (Å²) in [5, 5.41) is 11.1. The van der Waals surface area contributed by atoms with Gasteiger partial charge in [0.05, 0.1) is 11.7 Å². The molecule has 1 aromatic carbocycles. The van der Waals surface area contributed by atoms with Crippen molar-refractivity contribution in [3.8, 4) is 11.3 Å². The van der Waals surface area contributed by atoms with Gasteiger partial charge in [-0.2, -0.15) is 5.10 Å². The van der Waals surface area contributed by atoms with Gasteiger partial charge in [0.2, 0.25) is 5.91 Å². The molecule has 0 spiro atoms. The second-order valence-electron chi connectivity index (χ2n) is 11.0. The van der Waals surface area contributed by atoms with Gasteiger partial charge < -0.3 is 15.1 Å². The Balaban J connectivity index is 1.31. The molecule has 0 atom stereocenters. The lowest BCUT2D eigenvalue weighted by molar-refractivity contribution is -0.129. The molecule has 1 amide bonds. The highest BCUT2D eigenvalue weighted by molar-refractivity contribution is 5.96. The van der Waals surface area contributed by atoms with Crippen LogP contribution in [0.5, 0.6) is 0 Å². The molecular weight excluding hydrogens is 448 g/mol. The van der Waals surface area contributed by atoms with Crippen molar-refractivity contribution in [2.24, 2.45) is 5.92 Å². The maximum Gasteiger partial charge on any atom is 0.219 e. The predicted octanol–water partition coefficient (Wildman–Crippen LogP) is 3.95. The summed E-state index contributed by atoms with van der Waals surface area (Å²) in [4.78, 5) is 21.5. The van der Waals surface area contributed by atoms with E-state index in [0.717, 1.165) is 67.2 Å². The van der Waals surface area contributed by atoms with Crippen LogP contribution in [0.4, 0.5) is 0 Å². The molecule has 7 heteroatoms. The van der Waals surface area contributed by atoms with E-state index in [9.17, 15) is 4.79 Å². The molecule has 0 aliphatic carbocycles. The fourth-order valence-corrected chi connectivity index (χ4v) is 6.50. The molecule has 0 saturated carbocycles. The molecule has 1 N–H and O–H groups in total. The van der Waals surface area contributed by atoms with Crippen molar-refractivity contribution in [1.82, 2.24) is 29.9 Å². The molecule has 0 unspecified atom stereocenters. The number of rotatable bonds is 4. The normalized spacial score (nSPS) is 20.1. The first-order valence-corrected chi connectivity index (χ1v) is 13.7. The summed E-state index contributed by atoms with van der Waals surface area (Å²) in [5.41, 5.74) is 5.73. The van der Waals surface area contributed by atoms with Crippen LogP contribution in [0.1, 0.15) is 55.6 Å². The number of likely N-dealkylation sites (tertiary alicyclic amines) is 1. The number of fused-ring (bicyclic) bond motifs is 2. The summed E-state index contributed by atoms with van der Waals surface area (Å²) in [7, 11) is 0. The van der Waals surface area contributed by atoms with Crippen LogP contribution in [-0.4, -0.2) is 69.7 Å². The molecule has 0 radical (unpaired) electrons. The molecule has 6 rings (SSSR count). The Hall–Kier alpha value is -2.77. The lowest BCUT2D eigenvalue weighted by Crippen LogP contribution is -2.41. The zero-order chi connectivity index (χ0) is 24.6. The minimum absolute atomic E-state index is 0.140. The number of aryl methyl sites for hydroxylation is 1. The number of amides is 1. The third-order valence-corrected chi connectivity index (χ3v) is 8.57. The van der Waals surface area contributed by atoms with Gasteiger partial charge in [0.15, 0.2) is 0 Å². The van der Waals surface area contributed by atoms with Gasteiger partial charge in [-0.1, -0.05) is 18.2 Å². The van der Waals surface area contributed by atoms with Gasteiger partial charge in [-0.05, 0) is 63.1 Å². The van der Waals surface area contributed by atoms with E-state index in [-0.39, 0.29) is 5.91 Å². The van der Waals surface area contributed by atoms with Crippen molar-refractivity contribution in [1.29, 1.82) is 0 Å². The molecule has 3 aliphatic heterocycles.